The van der Waals surface area contributed by atoms with Gasteiger partial charge in [0, 0.05) is 57.3 Å². The van der Waals surface area contributed by atoms with E-state index >= 15 is 0 Å². The van der Waals surface area contributed by atoms with Gasteiger partial charge in [-0.2, -0.15) is 17.0 Å². The van der Waals surface area contributed by atoms with E-state index in [0.717, 1.165) is 16.5 Å². The number of hydrogen-bond acceptors (Lipinski definition) is 5. The lowest BCUT2D eigenvalue weighted by Crippen LogP contribution is -2.52. The Balaban J connectivity index is 1.81. The molecule has 0 bridgehead atoms. The summed E-state index contributed by atoms with van der Waals surface area (Å²) < 4.78 is 34.0. The van der Waals surface area contributed by atoms with E-state index in [1.807, 2.05) is 26.8 Å². The van der Waals surface area contributed by atoms with Crippen LogP contribution < -0.4 is 5.63 Å². The van der Waals surface area contributed by atoms with Crippen LogP contribution in [0, 0.1) is 6.92 Å². The van der Waals surface area contributed by atoms with Crippen molar-refractivity contribution >= 4 is 21.2 Å². The Hall–Kier alpha value is -1.74. The molecule has 166 valence electrons. The SMILES string of the molecule is CCN(CC)S(=O)(=O)N1CCN(Cc2cc(=O)oc3cc(C)c(C(C)C)cc23)CC1. The molecule has 1 aromatic heterocycles. The largest absolute Gasteiger partial charge is 0.423 e. The molecule has 0 aliphatic carbocycles. The normalized spacial score (nSPS) is 16.8. The van der Waals surface area contributed by atoms with Gasteiger partial charge in [-0.05, 0) is 41.7 Å². The second kappa shape index (κ2) is 9.18. The Bertz CT molecular complexity index is 1050. The Morgan fingerprint density at radius 1 is 1.07 bits per heavy atom. The maximum absolute atomic E-state index is 12.7. The van der Waals surface area contributed by atoms with E-state index in [1.165, 1.54) is 9.87 Å². The predicted octanol–water partition coefficient (Wildman–Crippen LogP) is 2.93. The topological polar surface area (TPSA) is 74.1 Å². The summed E-state index contributed by atoms with van der Waals surface area (Å²) in [6.07, 6.45) is 0. The summed E-state index contributed by atoms with van der Waals surface area (Å²) in [5.41, 5.74) is 3.56. The Morgan fingerprint density at radius 3 is 2.27 bits per heavy atom. The minimum Gasteiger partial charge on any atom is -0.423 e. The van der Waals surface area contributed by atoms with Crippen molar-refractivity contribution in [1.82, 2.24) is 13.5 Å². The first-order chi connectivity index (χ1) is 14.2. The van der Waals surface area contributed by atoms with Gasteiger partial charge in [0.25, 0.3) is 10.2 Å². The lowest BCUT2D eigenvalue weighted by molar-refractivity contribution is 0.175. The molecule has 1 saturated heterocycles. The van der Waals surface area contributed by atoms with Gasteiger partial charge < -0.3 is 4.42 Å². The Kier molecular flexibility index (Phi) is 7.02. The average Bonchev–Trinajstić information content (AvgIpc) is 2.68. The number of hydrogen-bond donors (Lipinski definition) is 0. The van der Waals surface area contributed by atoms with Crippen LogP contribution in [0.1, 0.15) is 50.3 Å². The van der Waals surface area contributed by atoms with Gasteiger partial charge in [0.2, 0.25) is 0 Å². The maximum atomic E-state index is 12.7. The monoisotopic (exact) mass is 435 g/mol. The molecule has 0 spiro atoms. The van der Waals surface area contributed by atoms with Gasteiger partial charge in [0.1, 0.15) is 5.58 Å². The van der Waals surface area contributed by atoms with E-state index in [-0.39, 0.29) is 5.63 Å². The molecule has 0 N–H and O–H groups in total. The molecule has 1 fully saturated rings. The summed E-state index contributed by atoms with van der Waals surface area (Å²) in [6, 6.07) is 5.65. The summed E-state index contributed by atoms with van der Waals surface area (Å²) in [4.78, 5) is 14.3. The molecule has 0 amide bonds. The number of aryl methyl sites for hydroxylation is 1. The average molecular weight is 436 g/mol. The van der Waals surface area contributed by atoms with Crippen molar-refractivity contribution in [1.29, 1.82) is 0 Å². The lowest BCUT2D eigenvalue weighted by atomic mass is 9.95. The Labute approximate surface area is 179 Å². The van der Waals surface area contributed by atoms with Crippen LogP contribution in [0.15, 0.2) is 27.4 Å². The third-order valence-electron chi connectivity index (χ3n) is 5.92. The quantitative estimate of drug-likeness (QED) is 0.625. The third kappa shape index (κ3) is 4.61. The van der Waals surface area contributed by atoms with Crippen LogP contribution in [0.4, 0.5) is 0 Å². The minimum atomic E-state index is -3.41. The van der Waals surface area contributed by atoms with E-state index < -0.39 is 10.2 Å². The highest BCUT2D eigenvalue weighted by Crippen LogP contribution is 2.27. The molecular weight excluding hydrogens is 402 g/mol. The van der Waals surface area contributed by atoms with Crippen LogP contribution in [-0.4, -0.2) is 61.2 Å². The highest BCUT2D eigenvalue weighted by molar-refractivity contribution is 7.86. The molecule has 0 unspecified atom stereocenters. The molecule has 2 aromatic rings. The third-order valence-corrected chi connectivity index (χ3v) is 8.11. The van der Waals surface area contributed by atoms with Crippen LogP contribution in [-0.2, 0) is 16.8 Å². The molecule has 3 rings (SSSR count). The van der Waals surface area contributed by atoms with Crippen molar-refractivity contribution in [2.75, 3.05) is 39.3 Å². The fraction of sp³-hybridized carbons (Fsp3) is 0.591. The van der Waals surface area contributed by atoms with Crippen molar-refractivity contribution in [2.24, 2.45) is 0 Å². The highest BCUT2D eigenvalue weighted by atomic mass is 32.2. The van der Waals surface area contributed by atoms with Gasteiger partial charge in [0.05, 0.1) is 0 Å². The van der Waals surface area contributed by atoms with E-state index in [0.29, 0.717) is 57.3 Å². The molecule has 1 aliphatic heterocycles. The lowest BCUT2D eigenvalue weighted by Gasteiger charge is -2.36. The van der Waals surface area contributed by atoms with Gasteiger partial charge in [-0.15, -0.1) is 0 Å². The van der Waals surface area contributed by atoms with Crippen LogP contribution >= 0.6 is 0 Å². The second-order valence-corrected chi connectivity index (χ2v) is 10.1. The minimum absolute atomic E-state index is 0.350. The summed E-state index contributed by atoms with van der Waals surface area (Å²) in [5.74, 6) is 0.378. The van der Waals surface area contributed by atoms with E-state index in [2.05, 4.69) is 24.8 Å². The van der Waals surface area contributed by atoms with Gasteiger partial charge in [-0.25, -0.2) is 4.79 Å². The van der Waals surface area contributed by atoms with Gasteiger partial charge in [-0.3, -0.25) is 4.90 Å². The molecule has 0 atom stereocenters. The number of benzene rings is 1. The summed E-state index contributed by atoms with van der Waals surface area (Å²) >= 11 is 0. The fourth-order valence-electron chi connectivity index (χ4n) is 4.22. The fourth-order valence-corrected chi connectivity index (χ4v) is 5.82. The molecule has 1 aliphatic rings. The zero-order valence-corrected chi connectivity index (χ0v) is 19.5. The van der Waals surface area contributed by atoms with E-state index in [4.69, 9.17) is 4.42 Å². The molecule has 1 aromatic carbocycles. The molecule has 0 radical (unpaired) electrons. The maximum Gasteiger partial charge on any atom is 0.336 e. The number of fused-ring (bicyclic) bond motifs is 1. The zero-order valence-electron chi connectivity index (χ0n) is 18.6. The molecule has 30 heavy (non-hydrogen) atoms. The molecule has 7 nitrogen and oxygen atoms in total. The number of nitrogens with zero attached hydrogens (tertiary/aromatic N) is 3. The first-order valence-electron chi connectivity index (χ1n) is 10.7. The van der Waals surface area contributed by atoms with E-state index in [1.54, 1.807) is 10.4 Å². The predicted molar refractivity (Wildman–Crippen MR) is 120 cm³/mol. The molecule has 2 heterocycles. The van der Waals surface area contributed by atoms with Crippen molar-refractivity contribution in [3.8, 4) is 0 Å². The first kappa shape index (κ1) is 22.9. The van der Waals surface area contributed by atoms with Crippen LogP contribution in [0.3, 0.4) is 0 Å². The van der Waals surface area contributed by atoms with Crippen LogP contribution in [0.2, 0.25) is 0 Å². The highest BCUT2D eigenvalue weighted by Gasteiger charge is 2.31. The standard InChI is InChI=1S/C22H33N3O4S/c1-6-24(7-2)30(27,28)25-10-8-23(9-11-25)15-18-13-22(26)29-21-12-17(5)19(16(3)4)14-20(18)21/h12-14,16H,6-11,15H2,1-5H3. The molecule has 8 heteroatoms. The van der Waals surface area contributed by atoms with Gasteiger partial charge in [-0.1, -0.05) is 27.7 Å². The van der Waals surface area contributed by atoms with Crippen molar-refractivity contribution in [3.63, 3.8) is 0 Å². The summed E-state index contributed by atoms with van der Waals surface area (Å²) in [6.45, 7) is 13.8. The van der Waals surface area contributed by atoms with Crippen LogP contribution in [0.5, 0.6) is 0 Å². The van der Waals surface area contributed by atoms with Crippen molar-refractivity contribution < 1.29 is 12.8 Å². The molecular formula is C22H33N3O4S. The molecule has 0 saturated carbocycles. The summed E-state index contributed by atoms with van der Waals surface area (Å²) in [5, 5.41) is 0.960. The Morgan fingerprint density at radius 2 is 1.70 bits per heavy atom. The zero-order chi connectivity index (χ0) is 22.1. The van der Waals surface area contributed by atoms with Gasteiger partial charge in [0.15, 0.2) is 0 Å². The van der Waals surface area contributed by atoms with Crippen molar-refractivity contribution in [3.05, 3.63) is 45.3 Å². The summed E-state index contributed by atoms with van der Waals surface area (Å²) in [7, 11) is -3.41. The smallest absolute Gasteiger partial charge is 0.336 e. The first-order valence-corrected chi connectivity index (χ1v) is 12.1. The van der Waals surface area contributed by atoms with Gasteiger partial charge >= 0.3 is 5.63 Å². The number of rotatable bonds is 7. The second-order valence-electron chi connectivity index (χ2n) is 8.22. The van der Waals surface area contributed by atoms with Crippen LogP contribution in [0.25, 0.3) is 11.0 Å². The van der Waals surface area contributed by atoms with Crippen molar-refractivity contribution in [2.45, 2.75) is 47.1 Å². The number of piperazine rings is 1. The van der Waals surface area contributed by atoms with E-state index in [9.17, 15) is 13.2 Å².